The van der Waals surface area contributed by atoms with Gasteiger partial charge in [-0.3, -0.25) is 5.10 Å². The van der Waals surface area contributed by atoms with E-state index in [1.165, 1.54) is 0 Å². The number of nitrogens with two attached hydrogens (primary N) is 1. The molecule has 0 atom stereocenters. The Hall–Kier alpha value is -1.45. The van der Waals surface area contributed by atoms with E-state index in [0.717, 1.165) is 6.42 Å². The van der Waals surface area contributed by atoms with Crippen LogP contribution in [0.4, 0.5) is 0 Å². The van der Waals surface area contributed by atoms with Crippen molar-refractivity contribution in [2.24, 2.45) is 5.14 Å². The van der Waals surface area contributed by atoms with Gasteiger partial charge in [-0.15, -0.1) is 0 Å². The van der Waals surface area contributed by atoms with Crippen molar-refractivity contribution in [2.45, 2.75) is 38.0 Å². The SMILES string of the molecule is CCCOCCOC(=O)c1n[nH]c(C(C)C)c1S(N)(=O)=O. The summed E-state index contributed by atoms with van der Waals surface area (Å²) >= 11 is 0. The highest BCUT2D eigenvalue weighted by Gasteiger charge is 2.29. The number of hydrogen-bond donors (Lipinski definition) is 2. The van der Waals surface area contributed by atoms with Crippen molar-refractivity contribution in [3.05, 3.63) is 11.4 Å². The van der Waals surface area contributed by atoms with Crippen molar-refractivity contribution in [2.75, 3.05) is 19.8 Å². The number of ether oxygens (including phenoxy) is 2. The van der Waals surface area contributed by atoms with E-state index in [1.54, 1.807) is 13.8 Å². The predicted octanol–water partition coefficient (Wildman–Crippen LogP) is 0.764. The van der Waals surface area contributed by atoms with Gasteiger partial charge in [-0.25, -0.2) is 18.4 Å². The maximum absolute atomic E-state index is 11.9. The van der Waals surface area contributed by atoms with Gasteiger partial charge in [0.25, 0.3) is 0 Å². The van der Waals surface area contributed by atoms with Crippen LogP contribution in [0.15, 0.2) is 4.90 Å². The molecule has 0 aromatic carbocycles. The number of esters is 1. The van der Waals surface area contributed by atoms with E-state index in [0.29, 0.717) is 6.61 Å². The number of carbonyl (C=O) groups excluding carboxylic acids is 1. The van der Waals surface area contributed by atoms with Crippen LogP contribution in [-0.4, -0.2) is 44.4 Å². The molecule has 0 fully saturated rings. The molecule has 0 spiro atoms. The molecule has 1 aromatic heterocycles. The fourth-order valence-electron chi connectivity index (χ4n) is 1.67. The van der Waals surface area contributed by atoms with Gasteiger partial charge in [0.1, 0.15) is 11.5 Å². The smallest absolute Gasteiger partial charge is 0.360 e. The number of rotatable bonds is 8. The number of nitrogens with one attached hydrogen (secondary N) is 1. The molecule has 0 amide bonds. The maximum Gasteiger partial charge on any atom is 0.360 e. The Kier molecular flexibility index (Phi) is 6.31. The molecule has 0 aliphatic rings. The largest absolute Gasteiger partial charge is 0.458 e. The highest BCUT2D eigenvalue weighted by atomic mass is 32.2. The Labute approximate surface area is 124 Å². The molecule has 1 heterocycles. The predicted molar refractivity (Wildman–Crippen MR) is 75.4 cm³/mol. The van der Waals surface area contributed by atoms with Gasteiger partial charge in [-0.05, 0) is 12.3 Å². The molecule has 3 N–H and O–H groups in total. The summed E-state index contributed by atoms with van der Waals surface area (Å²) in [5.74, 6) is -1.03. The molecule has 0 aliphatic carbocycles. The number of sulfonamides is 1. The van der Waals surface area contributed by atoms with Crippen LogP contribution in [0.1, 0.15) is 49.3 Å². The highest BCUT2D eigenvalue weighted by Crippen LogP contribution is 2.24. The summed E-state index contributed by atoms with van der Waals surface area (Å²) in [6.07, 6.45) is 0.862. The van der Waals surface area contributed by atoms with Crippen LogP contribution in [0, 0.1) is 0 Å². The molecule has 0 unspecified atom stereocenters. The first-order valence-electron chi connectivity index (χ1n) is 6.65. The average molecular weight is 319 g/mol. The second-order valence-corrected chi connectivity index (χ2v) is 6.26. The van der Waals surface area contributed by atoms with Crippen molar-refractivity contribution in [3.8, 4) is 0 Å². The second-order valence-electron chi connectivity index (χ2n) is 4.76. The Morgan fingerprint density at radius 3 is 2.52 bits per heavy atom. The number of primary sulfonamides is 1. The van der Waals surface area contributed by atoms with Crippen LogP contribution in [0.25, 0.3) is 0 Å². The molecule has 0 aliphatic heterocycles. The summed E-state index contributed by atoms with van der Waals surface area (Å²) < 4.78 is 33.4. The zero-order valence-electron chi connectivity index (χ0n) is 12.4. The van der Waals surface area contributed by atoms with E-state index in [4.69, 9.17) is 14.6 Å². The Morgan fingerprint density at radius 2 is 2.00 bits per heavy atom. The van der Waals surface area contributed by atoms with Gasteiger partial charge in [-0.2, -0.15) is 5.10 Å². The molecule has 1 aromatic rings. The Bertz CT molecular complexity index is 580. The van der Waals surface area contributed by atoms with Crippen molar-refractivity contribution in [3.63, 3.8) is 0 Å². The van der Waals surface area contributed by atoms with E-state index in [2.05, 4.69) is 10.2 Å². The van der Waals surface area contributed by atoms with Crippen molar-refractivity contribution in [1.29, 1.82) is 0 Å². The van der Waals surface area contributed by atoms with E-state index in [-0.39, 0.29) is 35.4 Å². The van der Waals surface area contributed by atoms with Crippen LogP contribution >= 0.6 is 0 Å². The normalized spacial score (nSPS) is 11.9. The zero-order chi connectivity index (χ0) is 16.0. The van der Waals surface area contributed by atoms with E-state index in [1.807, 2.05) is 6.92 Å². The first-order valence-corrected chi connectivity index (χ1v) is 8.19. The zero-order valence-corrected chi connectivity index (χ0v) is 13.2. The maximum atomic E-state index is 11.9. The second kappa shape index (κ2) is 7.53. The Morgan fingerprint density at radius 1 is 1.33 bits per heavy atom. The fourth-order valence-corrected chi connectivity index (χ4v) is 2.66. The molecule has 0 saturated carbocycles. The van der Waals surface area contributed by atoms with Gasteiger partial charge in [0.15, 0.2) is 5.69 Å². The number of hydrogen-bond acceptors (Lipinski definition) is 6. The molecular formula is C12H21N3O5S. The van der Waals surface area contributed by atoms with Crippen LogP contribution in [0.2, 0.25) is 0 Å². The Balaban J connectivity index is 2.85. The van der Waals surface area contributed by atoms with Crippen molar-refractivity contribution in [1.82, 2.24) is 10.2 Å². The summed E-state index contributed by atoms with van der Waals surface area (Å²) in [7, 11) is -4.08. The third-order valence-electron chi connectivity index (χ3n) is 2.61. The van der Waals surface area contributed by atoms with E-state index < -0.39 is 16.0 Å². The third-order valence-corrected chi connectivity index (χ3v) is 3.59. The summed E-state index contributed by atoms with van der Waals surface area (Å²) in [5, 5.41) is 11.4. The fraction of sp³-hybridized carbons (Fsp3) is 0.667. The molecule has 0 saturated heterocycles. The number of nitrogens with zero attached hydrogens (tertiary/aromatic N) is 1. The van der Waals surface area contributed by atoms with Crippen LogP contribution in [0.3, 0.4) is 0 Å². The molecule has 1 rings (SSSR count). The lowest BCUT2D eigenvalue weighted by Gasteiger charge is -2.07. The summed E-state index contributed by atoms with van der Waals surface area (Å²) in [4.78, 5) is 11.6. The minimum atomic E-state index is -4.08. The number of H-pyrrole nitrogens is 1. The van der Waals surface area contributed by atoms with Gasteiger partial charge in [-0.1, -0.05) is 20.8 Å². The molecule has 0 radical (unpaired) electrons. The first-order chi connectivity index (χ1) is 9.79. The topological polar surface area (TPSA) is 124 Å². The molecular weight excluding hydrogens is 298 g/mol. The highest BCUT2D eigenvalue weighted by molar-refractivity contribution is 7.89. The van der Waals surface area contributed by atoms with Gasteiger partial charge >= 0.3 is 5.97 Å². The van der Waals surface area contributed by atoms with Crippen LogP contribution in [-0.2, 0) is 19.5 Å². The van der Waals surface area contributed by atoms with Gasteiger partial charge < -0.3 is 9.47 Å². The lowest BCUT2D eigenvalue weighted by atomic mass is 10.1. The molecule has 9 heteroatoms. The molecule has 120 valence electrons. The molecule has 21 heavy (non-hydrogen) atoms. The lowest BCUT2D eigenvalue weighted by Crippen LogP contribution is -2.19. The monoisotopic (exact) mass is 319 g/mol. The van der Waals surface area contributed by atoms with Gasteiger partial charge in [0.05, 0.1) is 12.3 Å². The minimum Gasteiger partial charge on any atom is -0.458 e. The van der Waals surface area contributed by atoms with Crippen LogP contribution < -0.4 is 5.14 Å². The average Bonchev–Trinajstić information content (AvgIpc) is 2.83. The molecule has 0 bridgehead atoms. The van der Waals surface area contributed by atoms with E-state index in [9.17, 15) is 13.2 Å². The first kappa shape index (κ1) is 17.6. The molecule has 8 nitrogen and oxygen atoms in total. The number of aromatic nitrogens is 2. The van der Waals surface area contributed by atoms with Gasteiger partial charge in [0.2, 0.25) is 10.0 Å². The van der Waals surface area contributed by atoms with Crippen molar-refractivity contribution < 1.29 is 22.7 Å². The number of carbonyl (C=O) groups is 1. The van der Waals surface area contributed by atoms with E-state index >= 15 is 0 Å². The number of aromatic amines is 1. The summed E-state index contributed by atoms with van der Waals surface area (Å²) in [6, 6.07) is 0. The quantitative estimate of drug-likeness (QED) is 0.538. The summed E-state index contributed by atoms with van der Waals surface area (Å²) in [6.45, 7) is 6.31. The van der Waals surface area contributed by atoms with Gasteiger partial charge in [0, 0.05) is 6.61 Å². The van der Waals surface area contributed by atoms with Crippen LogP contribution in [0.5, 0.6) is 0 Å². The standard InChI is InChI=1S/C12H21N3O5S/c1-4-5-19-6-7-20-12(16)10-11(21(13,17)18)9(8(2)3)14-15-10/h8H,4-7H2,1-3H3,(H,14,15)(H2,13,17,18). The minimum absolute atomic E-state index is 0.0206. The summed E-state index contributed by atoms with van der Waals surface area (Å²) in [5.41, 5.74) is -0.0385. The van der Waals surface area contributed by atoms with Crippen molar-refractivity contribution >= 4 is 16.0 Å². The lowest BCUT2D eigenvalue weighted by molar-refractivity contribution is 0.0309. The third kappa shape index (κ3) is 4.80.